The quantitative estimate of drug-likeness (QED) is 0.743. The van der Waals surface area contributed by atoms with Crippen molar-refractivity contribution in [2.75, 3.05) is 42.9 Å². The third-order valence-electron chi connectivity index (χ3n) is 6.04. The summed E-state index contributed by atoms with van der Waals surface area (Å²) in [5.74, 6) is -0.0333. The lowest BCUT2D eigenvalue weighted by molar-refractivity contribution is -0.132. The van der Waals surface area contributed by atoms with E-state index in [-0.39, 0.29) is 29.8 Å². The third-order valence-corrected chi connectivity index (χ3v) is 7.95. The van der Waals surface area contributed by atoms with Gasteiger partial charge >= 0.3 is 0 Å². The summed E-state index contributed by atoms with van der Waals surface area (Å²) in [6.07, 6.45) is 0.796. The Morgan fingerprint density at radius 1 is 0.969 bits per heavy atom. The lowest BCUT2D eigenvalue weighted by Gasteiger charge is -2.35. The summed E-state index contributed by atoms with van der Waals surface area (Å²) < 4.78 is 27.0. The Balaban J connectivity index is 1.35. The van der Waals surface area contributed by atoms with Crippen LogP contribution in [0.2, 0.25) is 0 Å². The molecule has 4 rings (SSSR count). The van der Waals surface area contributed by atoms with Crippen LogP contribution in [-0.2, 0) is 26.0 Å². The zero-order valence-electron chi connectivity index (χ0n) is 18.3. The standard InChI is InChI=1S/C23H28N4O4S/c1-17(24-20-8-9-22-19(16-20)10-11-27(22)18(2)28)23(29)25-12-14-26(15-13-25)32(30,31)21-6-4-3-5-7-21/h3-9,16-17,24H,10-15H2,1-2H3/t17-/m1/s1. The maximum atomic E-state index is 12.9. The number of piperazine rings is 1. The molecule has 0 unspecified atom stereocenters. The molecular weight excluding hydrogens is 428 g/mol. The van der Waals surface area contributed by atoms with E-state index in [1.807, 2.05) is 25.1 Å². The topological polar surface area (TPSA) is 90.0 Å². The first kappa shape index (κ1) is 22.3. The van der Waals surface area contributed by atoms with Crippen molar-refractivity contribution in [1.82, 2.24) is 9.21 Å². The van der Waals surface area contributed by atoms with E-state index in [9.17, 15) is 18.0 Å². The molecule has 2 aromatic carbocycles. The average Bonchev–Trinajstić information content (AvgIpc) is 3.23. The molecule has 0 saturated carbocycles. The number of carbonyl (C=O) groups excluding carboxylic acids is 2. The van der Waals surface area contributed by atoms with E-state index in [0.717, 1.165) is 23.4 Å². The minimum atomic E-state index is -3.54. The number of nitrogens with one attached hydrogen (secondary N) is 1. The van der Waals surface area contributed by atoms with Crippen molar-refractivity contribution in [3.63, 3.8) is 0 Å². The predicted molar refractivity (Wildman–Crippen MR) is 123 cm³/mol. The molecule has 170 valence electrons. The van der Waals surface area contributed by atoms with E-state index < -0.39 is 16.1 Å². The first-order valence-electron chi connectivity index (χ1n) is 10.8. The van der Waals surface area contributed by atoms with Gasteiger partial charge in [-0.05, 0) is 49.2 Å². The molecule has 1 fully saturated rings. The molecule has 32 heavy (non-hydrogen) atoms. The van der Waals surface area contributed by atoms with Gasteiger partial charge in [-0.2, -0.15) is 4.31 Å². The Morgan fingerprint density at radius 2 is 1.66 bits per heavy atom. The van der Waals surface area contributed by atoms with E-state index >= 15 is 0 Å². The molecule has 9 heteroatoms. The van der Waals surface area contributed by atoms with E-state index in [4.69, 9.17) is 0 Å². The second-order valence-electron chi connectivity index (χ2n) is 8.17. The minimum absolute atomic E-state index is 0.0291. The highest BCUT2D eigenvalue weighted by Crippen LogP contribution is 2.30. The van der Waals surface area contributed by atoms with Gasteiger partial charge in [0.05, 0.1) is 4.90 Å². The van der Waals surface area contributed by atoms with Gasteiger partial charge in [-0.15, -0.1) is 0 Å². The minimum Gasteiger partial charge on any atom is -0.374 e. The van der Waals surface area contributed by atoms with Crippen LogP contribution in [0.3, 0.4) is 0 Å². The molecule has 1 atom stereocenters. The zero-order chi connectivity index (χ0) is 22.9. The molecule has 0 aliphatic carbocycles. The molecule has 2 heterocycles. The highest BCUT2D eigenvalue weighted by molar-refractivity contribution is 7.89. The van der Waals surface area contributed by atoms with Crippen molar-refractivity contribution in [2.24, 2.45) is 0 Å². The van der Waals surface area contributed by atoms with Crippen molar-refractivity contribution in [2.45, 2.75) is 31.2 Å². The molecule has 2 aromatic rings. The summed E-state index contributed by atoms with van der Waals surface area (Å²) in [6.45, 7) is 5.31. The van der Waals surface area contributed by atoms with Crippen molar-refractivity contribution < 1.29 is 18.0 Å². The predicted octanol–water partition coefficient (Wildman–Crippen LogP) is 1.93. The monoisotopic (exact) mass is 456 g/mol. The summed E-state index contributed by atoms with van der Waals surface area (Å²) in [6, 6.07) is 13.7. The highest BCUT2D eigenvalue weighted by Gasteiger charge is 2.31. The number of hydrogen-bond donors (Lipinski definition) is 1. The summed E-state index contributed by atoms with van der Waals surface area (Å²) in [7, 11) is -3.54. The second-order valence-corrected chi connectivity index (χ2v) is 10.1. The smallest absolute Gasteiger partial charge is 0.244 e. The molecule has 0 radical (unpaired) electrons. The van der Waals surface area contributed by atoms with Gasteiger partial charge in [0.1, 0.15) is 6.04 Å². The van der Waals surface area contributed by atoms with Gasteiger partial charge in [-0.1, -0.05) is 18.2 Å². The molecule has 0 aromatic heterocycles. The number of hydrogen-bond acceptors (Lipinski definition) is 5. The van der Waals surface area contributed by atoms with Crippen LogP contribution in [0, 0.1) is 0 Å². The Bertz CT molecular complexity index is 1110. The molecule has 0 bridgehead atoms. The summed E-state index contributed by atoms with van der Waals surface area (Å²) >= 11 is 0. The fourth-order valence-electron chi connectivity index (χ4n) is 4.29. The van der Waals surface area contributed by atoms with Gasteiger partial charge in [0.2, 0.25) is 21.8 Å². The maximum Gasteiger partial charge on any atom is 0.244 e. The van der Waals surface area contributed by atoms with Gasteiger partial charge in [0.25, 0.3) is 0 Å². The first-order valence-corrected chi connectivity index (χ1v) is 12.2. The molecule has 0 spiro atoms. The van der Waals surface area contributed by atoms with Gasteiger partial charge in [0.15, 0.2) is 0 Å². The maximum absolute atomic E-state index is 12.9. The lowest BCUT2D eigenvalue weighted by Crippen LogP contribution is -2.53. The molecule has 1 saturated heterocycles. The largest absolute Gasteiger partial charge is 0.374 e. The van der Waals surface area contributed by atoms with Crippen LogP contribution >= 0.6 is 0 Å². The van der Waals surface area contributed by atoms with Gasteiger partial charge in [-0.25, -0.2) is 8.42 Å². The molecule has 2 amide bonds. The van der Waals surface area contributed by atoms with Crippen molar-refractivity contribution in [3.05, 3.63) is 54.1 Å². The van der Waals surface area contributed by atoms with E-state index in [1.54, 1.807) is 47.1 Å². The van der Waals surface area contributed by atoms with Crippen molar-refractivity contribution >= 4 is 33.2 Å². The normalized spacial score (nSPS) is 17.7. The number of amides is 2. The van der Waals surface area contributed by atoms with Crippen molar-refractivity contribution in [1.29, 1.82) is 0 Å². The number of benzene rings is 2. The Hall–Kier alpha value is -2.91. The number of rotatable bonds is 5. The zero-order valence-corrected chi connectivity index (χ0v) is 19.1. The molecular formula is C23H28N4O4S. The van der Waals surface area contributed by atoms with Crippen LogP contribution < -0.4 is 10.2 Å². The van der Waals surface area contributed by atoms with Crippen LogP contribution in [-0.4, -0.2) is 68.2 Å². The molecule has 8 nitrogen and oxygen atoms in total. The molecule has 2 aliphatic rings. The van der Waals surface area contributed by atoms with Crippen LogP contribution in [0.1, 0.15) is 19.4 Å². The Morgan fingerprint density at radius 3 is 2.31 bits per heavy atom. The lowest BCUT2D eigenvalue weighted by atomic mass is 10.1. The second kappa shape index (κ2) is 8.91. The van der Waals surface area contributed by atoms with Crippen LogP contribution in [0.5, 0.6) is 0 Å². The Kier molecular flexibility index (Phi) is 6.21. The number of fused-ring (bicyclic) bond motifs is 1. The fourth-order valence-corrected chi connectivity index (χ4v) is 5.74. The van der Waals surface area contributed by atoms with E-state index in [1.165, 1.54) is 4.31 Å². The SMILES string of the molecule is CC(=O)N1CCc2cc(N[C@H](C)C(=O)N3CCN(S(=O)(=O)c4ccccc4)CC3)ccc21. The number of sulfonamides is 1. The van der Waals surface area contributed by atoms with Crippen molar-refractivity contribution in [3.8, 4) is 0 Å². The van der Waals surface area contributed by atoms with E-state index in [2.05, 4.69) is 5.32 Å². The summed E-state index contributed by atoms with van der Waals surface area (Å²) in [4.78, 5) is 28.4. The molecule has 2 aliphatic heterocycles. The van der Waals surface area contributed by atoms with Crippen LogP contribution in [0.15, 0.2) is 53.4 Å². The van der Waals surface area contributed by atoms with Gasteiger partial charge in [0, 0.05) is 51.0 Å². The molecule has 1 N–H and O–H groups in total. The average molecular weight is 457 g/mol. The van der Waals surface area contributed by atoms with Gasteiger partial charge < -0.3 is 15.1 Å². The first-order chi connectivity index (χ1) is 15.3. The highest BCUT2D eigenvalue weighted by atomic mass is 32.2. The number of nitrogens with zero attached hydrogens (tertiary/aromatic N) is 3. The van der Waals surface area contributed by atoms with Crippen LogP contribution in [0.25, 0.3) is 0 Å². The van der Waals surface area contributed by atoms with Crippen LogP contribution in [0.4, 0.5) is 11.4 Å². The summed E-state index contributed by atoms with van der Waals surface area (Å²) in [5, 5.41) is 3.25. The van der Waals surface area contributed by atoms with Gasteiger partial charge in [-0.3, -0.25) is 9.59 Å². The van der Waals surface area contributed by atoms with E-state index in [0.29, 0.717) is 19.6 Å². The third kappa shape index (κ3) is 4.35. The summed E-state index contributed by atoms with van der Waals surface area (Å²) in [5.41, 5.74) is 2.85. The fraction of sp³-hybridized carbons (Fsp3) is 0.391. The number of carbonyl (C=O) groups is 2. The number of anilines is 2. The Labute approximate surface area is 188 Å².